The molecule has 1 aliphatic carbocycles. The second kappa shape index (κ2) is 5.98. The molecule has 3 N–H and O–H groups in total. The number of nitro benzene ring substituents is 1. The molecule has 0 aliphatic heterocycles. The molecule has 2 atom stereocenters. The Balaban J connectivity index is 2.12. The van der Waals surface area contributed by atoms with Crippen LogP contribution >= 0.6 is 0 Å². The van der Waals surface area contributed by atoms with Crippen molar-refractivity contribution in [1.29, 1.82) is 0 Å². The number of benzene rings is 1. The van der Waals surface area contributed by atoms with Crippen molar-refractivity contribution in [2.24, 2.45) is 11.8 Å². The molecule has 1 aliphatic rings. The molecule has 8 heteroatoms. The first-order valence-corrected chi connectivity index (χ1v) is 8.33. The van der Waals surface area contributed by atoms with E-state index in [2.05, 4.69) is 11.6 Å². The van der Waals surface area contributed by atoms with Gasteiger partial charge in [0.1, 0.15) is 5.69 Å². The van der Waals surface area contributed by atoms with Crippen molar-refractivity contribution < 1.29 is 13.3 Å². The maximum absolute atomic E-state index is 12.2. The number of rotatable bonds is 5. The molecule has 0 aromatic heterocycles. The third kappa shape index (κ3) is 3.51. The molecule has 1 aromatic rings. The highest BCUT2D eigenvalue weighted by Gasteiger charge is 2.26. The standard InChI is InChI=1S/C13H19N3O4S/c1-9-3-2-4-10(9)8-15-21(19,20)11-5-6-13(16(17)18)12(14)7-11/h5-7,9-10,15H,2-4,8,14H2,1H3. The van der Waals surface area contributed by atoms with Gasteiger partial charge in [-0.05, 0) is 30.4 Å². The molecule has 1 aromatic carbocycles. The van der Waals surface area contributed by atoms with E-state index in [1.807, 2.05) is 0 Å². The summed E-state index contributed by atoms with van der Waals surface area (Å²) >= 11 is 0. The second-order valence-corrected chi connectivity index (χ2v) is 7.26. The fraction of sp³-hybridized carbons (Fsp3) is 0.538. The Morgan fingerprint density at radius 1 is 1.43 bits per heavy atom. The number of nitro groups is 1. The maximum atomic E-state index is 12.2. The fourth-order valence-electron chi connectivity index (χ4n) is 2.69. The van der Waals surface area contributed by atoms with Crippen molar-refractivity contribution in [1.82, 2.24) is 4.72 Å². The highest BCUT2D eigenvalue weighted by molar-refractivity contribution is 7.89. The molecule has 2 unspecified atom stereocenters. The number of anilines is 1. The Bertz CT molecular complexity index is 645. The SMILES string of the molecule is CC1CCCC1CNS(=O)(=O)c1ccc([N+](=O)[O-])c(N)c1. The van der Waals surface area contributed by atoms with Crippen molar-refractivity contribution in [2.75, 3.05) is 12.3 Å². The average Bonchev–Trinajstić information content (AvgIpc) is 2.81. The predicted octanol–water partition coefficient (Wildman–Crippen LogP) is 1.89. The molecule has 0 amide bonds. The zero-order chi connectivity index (χ0) is 15.6. The van der Waals surface area contributed by atoms with Crippen LogP contribution in [0.2, 0.25) is 0 Å². The third-order valence-corrected chi connectivity index (χ3v) is 5.50. The van der Waals surface area contributed by atoms with E-state index < -0.39 is 14.9 Å². The van der Waals surface area contributed by atoms with Gasteiger partial charge in [0.2, 0.25) is 10.0 Å². The van der Waals surface area contributed by atoms with Crippen LogP contribution in [-0.2, 0) is 10.0 Å². The lowest BCUT2D eigenvalue weighted by Gasteiger charge is -2.16. The van der Waals surface area contributed by atoms with Crippen LogP contribution in [0.5, 0.6) is 0 Å². The maximum Gasteiger partial charge on any atom is 0.292 e. The summed E-state index contributed by atoms with van der Waals surface area (Å²) in [5.41, 5.74) is 5.08. The van der Waals surface area contributed by atoms with E-state index >= 15 is 0 Å². The minimum Gasteiger partial charge on any atom is -0.393 e. The van der Waals surface area contributed by atoms with Gasteiger partial charge < -0.3 is 5.73 Å². The molecule has 0 saturated heterocycles. The molecule has 116 valence electrons. The normalized spacial score (nSPS) is 22.3. The number of nitrogen functional groups attached to an aromatic ring is 1. The molecule has 1 fully saturated rings. The summed E-state index contributed by atoms with van der Waals surface area (Å²) in [5, 5.41) is 10.7. The molecular weight excluding hydrogens is 294 g/mol. The van der Waals surface area contributed by atoms with Crippen LogP contribution in [0.3, 0.4) is 0 Å². The number of hydrogen-bond donors (Lipinski definition) is 2. The molecule has 0 spiro atoms. The minimum absolute atomic E-state index is 0.0451. The highest BCUT2D eigenvalue weighted by Crippen LogP contribution is 2.31. The van der Waals surface area contributed by atoms with E-state index in [9.17, 15) is 18.5 Å². The minimum atomic E-state index is -3.69. The van der Waals surface area contributed by atoms with Gasteiger partial charge in [-0.25, -0.2) is 13.1 Å². The van der Waals surface area contributed by atoms with Gasteiger partial charge in [0.25, 0.3) is 5.69 Å². The lowest BCUT2D eigenvalue weighted by molar-refractivity contribution is -0.383. The number of hydrogen-bond acceptors (Lipinski definition) is 5. The first-order valence-electron chi connectivity index (χ1n) is 6.85. The Morgan fingerprint density at radius 2 is 2.14 bits per heavy atom. The summed E-state index contributed by atoms with van der Waals surface area (Å²) in [4.78, 5) is 9.99. The Labute approximate surface area is 123 Å². The first kappa shape index (κ1) is 15.7. The van der Waals surface area contributed by atoms with Crippen LogP contribution in [0.25, 0.3) is 0 Å². The van der Waals surface area contributed by atoms with Crippen molar-refractivity contribution in [3.63, 3.8) is 0 Å². The second-order valence-electron chi connectivity index (χ2n) is 5.50. The Hall–Kier alpha value is -1.67. The van der Waals surface area contributed by atoms with Crippen LogP contribution in [0, 0.1) is 22.0 Å². The molecule has 7 nitrogen and oxygen atoms in total. The van der Waals surface area contributed by atoms with Gasteiger partial charge in [0, 0.05) is 12.6 Å². The van der Waals surface area contributed by atoms with Crippen molar-refractivity contribution in [2.45, 2.75) is 31.1 Å². The summed E-state index contributed by atoms with van der Waals surface area (Å²) in [6.07, 6.45) is 3.26. The van der Waals surface area contributed by atoms with Gasteiger partial charge in [0.05, 0.1) is 9.82 Å². The van der Waals surface area contributed by atoms with Crippen LogP contribution in [0.15, 0.2) is 23.1 Å². The van der Waals surface area contributed by atoms with E-state index in [4.69, 9.17) is 5.73 Å². The monoisotopic (exact) mass is 313 g/mol. The van der Waals surface area contributed by atoms with Crippen LogP contribution in [0.1, 0.15) is 26.2 Å². The summed E-state index contributed by atoms with van der Waals surface area (Å²) in [7, 11) is -3.69. The third-order valence-electron chi connectivity index (χ3n) is 4.08. The van der Waals surface area contributed by atoms with Crippen LogP contribution < -0.4 is 10.5 Å². The highest BCUT2D eigenvalue weighted by atomic mass is 32.2. The van der Waals surface area contributed by atoms with Crippen LogP contribution in [-0.4, -0.2) is 19.9 Å². The number of nitrogens with one attached hydrogen (secondary N) is 1. The van der Waals surface area contributed by atoms with E-state index in [1.165, 1.54) is 6.07 Å². The average molecular weight is 313 g/mol. The molecular formula is C13H19N3O4S. The first-order chi connectivity index (χ1) is 9.81. The quantitative estimate of drug-likeness (QED) is 0.489. The zero-order valence-corrected chi connectivity index (χ0v) is 12.6. The summed E-state index contributed by atoms with van der Waals surface area (Å²) in [5.74, 6) is 0.852. The lowest BCUT2D eigenvalue weighted by atomic mass is 9.99. The fourth-order valence-corrected chi connectivity index (χ4v) is 3.82. The number of nitrogens with zero attached hydrogens (tertiary/aromatic N) is 1. The Morgan fingerprint density at radius 3 is 2.67 bits per heavy atom. The van der Waals surface area contributed by atoms with Crippen molar-refractivity contribution in [3.8, 4) is 0 Å². The van der Waals surface area contributed by atoms with E-state index in [0.29, 0.717) is 18.4 Å². The van der Waals surface area contributed by atoms with Crippen LogP contribution in [0.4, 0.5) is 11.4 Å². The molecule has 2 rings (SSSR count). The topological polar surface area (TPSA) is 115 Å². The van der Waals surface area contributed by atoms with Gasteiger partial charge in [0.15, 0.2) is 0 Å². The Kier molecular flexibility index (Phi) is 4.48. The zero-order valence-electron chi connectivity index (χ0n) is 11.8. The molecule has 21 heavy (non-hydrogen) atoms. The smallest absolute Gasteiger partial charge is 0.292 e. The van der Waals surface area contributed by atoms with Crippen molar-refractivity contribution in [3.05, 3.63) is 28.3 Å². The number of sulfonamides is 1. The van der Waals surface area contributed by atoms with E-state index in [1.54, 1.807) is 0 Å². The van der Waals surface area contributed by atoms with Gasteiger partial charge in [-0.15, -0.1) is 0 Å². The van der Waals surface area contributed by atoms with E-state index in [0.717, 1.165) is 31.4 Å². The van der Waals surface area contributed by atoms with Gasteiger partial charge in [-0.2, -0.15) is 0 Å². The van der Waals surface area contributed by atoms with Gasteiger partial charge in [-0.1, -0.05) is 19.8 Å². The number of nitrogens with two attached hydrogens (primary N) is 1. The molecule has 0 bridgehead atoms. The van der Waals surface area contributed by atoms with E-state index in [-0.39, 0.29) is 16.3 Å². The summed E-state index contributed by atoms with van der Waals surface area (Å²) in [6, 6.07) is 3.44. The molecule has 0 radical (unpaired) electrons. The summed E-state index contributed by atoms with van der Waals surface area (Å²) < 4.78 is 27.0. The largest absolute Gasteiger partial charge is 0.393 e. The predicted molar refractivity (Wildman–Crippen MR) is 79.2 cm³/mol. The van der Waals surface area contributed by atoms with Gasteiger partial charge in [-0.3, -0.25) is 10.1 Å². The lowest BCUT2D eigenvalue weighted by Crippen LogP contribution is -2.30. The molecule has 0 heterocycles. The summed E-state index contributed by atoms with van der Waals surface area (Å²) in [6.45, 7) is 2.51. The van der Waals surface area contributed by atoms with Crippen molar-refractivity contribution >= 4 is 21.4 Å². The molecule has 1 saturated carbocycles. The van der Waals surface area contributed by atoms with Gasteiger partial charge >= 0.3 is 0 Å².